The molecule has 1 N–H and O–H groups in total. The molecular weight excluding hydrogens is 474 g/mol. The smallest absolute Gasteiger partial charge is 0.247 e. The molecule has 2 amide bonds. The van der Waals surface area contributed by atoms with Crippen LogP contribution in [0.3, 0.4) is 0 Å². The fourth-order valence-corrected chi connectivity index (χ4v) is 6.43. The minimum Gasteiger partial charge on any atom is -0.330 e. The van der Waals surface area contributed by atoms with E-state index in [9.17, 15) is 18.0 Å². The predicted octanol–water partition coefficient (Wildman–Crippen LogP) is 3.99. The lowest BCUT2D eigenvalue weighted by molar-refractivity contribution is -0.141. The van der Waals surface area contributed by atoms with Crippen LogP contribution in [-0.4, -0.2) is 55.1 Å². The first kappa shape index (κ1) is 24.7. The van der Waals surface area contributed by atoms with Gasteiger partial charge in [0.05, 0.1) is 15.6 Å². The van der Waals surface area contributed by atoms with E-state index in [1.807, 2.05) is 19.9 Å². The Kier molecular flexibility index (Phi) is 7.31. The minimum atomic E-state index is -3.58. The maximum absolute atomic E-state index is 13.3. The van der Waals surface area contributed by atoms with Gasteiger partial charge in [0, 0.05) is 25.6 Å². The summed E-state index contributed by atoms with van der Waals surface area (Å²) in [7, 11) is -3.58. The van der Waals surface area contributed by atoms with Crippen molar-refractivity contribution in [2.24, 2.45) is 5.92 Å². The maximum Gasteiger partial charge on any atom is 0.247 e. The number of carbonyl (C=O) groups excluding carboxylic acids is 2. The van der Waals surface area contributed by atoms with Crippen molar-refractivity contribution in [3.05, 3.63) is 58.6 Å². The SMILES string of the molecule is Cc1ccc(S(=O)(=O)N2CCC(C(=O)N3CCCC3C(=O)Nc3ccc(C)cc3Cl)CC2)cc1. The fraction of sp³-hybridized carbons (Fsp3) is 0.440. The number of nitrogens with zero attached hydrogens (tertiary/aromatic N) is 2. The normalized spacial score (nSPS) is 19.9. The van der Waals surface area contributed by atoms with Gasteiger partial charge in [0.15, 0.2) is 0 Å². The maximum atomic E-state index is 13.3. The lowest BCUT2D eigenvalue weighted by atomic mass is 9.96. The monoisotopic (exact) mass is 503 g/mol. The molecule has 0 bridgehead atoms. The predicted molar refractivity (Wildman–Crippen MR) is 132 cm³/mol. The Balaban J connectivity index is 1.38. The number of sulfonamides is 1. The first-order valence-electron chi connectivity index (χ1n) is 11.6. The van der Waals surface area contributed by atoms with Gasteiger partial charge in [-0.3, -0.25) is 9.59 Å². The lowest BCUT2D eigenvalue weighted by Crippen LogP contribution is -2.48. The summed E-state index contributed by atoms with van der Waals surface area (Å²) in [6, 6.07) is 11.7. The van der Waals surface area contributed by atoms with Crippen LogP contribution in [0, 0.1) is 19.8 Å². The van der Waals surface area contributed by atoms with Gasteiger partial charge in [-0.05, 0) is 69.4 Å². The highest BCUT2D eigenvalue weighted by Crippen LogP contribution is 2.29. The molecule has 182 valence electrons. The molecule has 0 radical (unpaired) electrons. The molecule has 0 saturated carbocycles. The number of benzene rings is 2. The van der Waals surface area contributed by atoms with E-state index in [1.54, 1.807) is 41.3 Å². The van der Waals surface area contributed by atoms with E-state index in [4.69, 9.17) is 11.6 Å². The molecule has 2 fully saturated rings. The van der Waals surface area contributed by atoms with E-state index in [0.29, 0.717) is 36.5 Å². The van der Waals surface area contributed by atoms with Crippen molar-refractivity contribution in [3.63, 3.8) is 0 Å². The third-order valence-corrected chi connectivity index (χ3v) is 8.91. The third kappa shape index (κ3) is 5.14. The fourth-order valence-electron chi connectivity index (χ4n) is 4.68. The standard InChI is InChI=1S/C25H30ClN3O4S/c1-17-5-8-20(9-6-17)34(32,33)28-14-11-19(12-15-28)25(31)29-13-3-4-23(29)24(30)27-22-10-7-18(2)16-21(22)26/h5-10,16,19,23H,3-4,11-15H2,1-2H3,(H,27,30). The van der Waals surface area contributed by atoms with Crippen LogP contribution in [0.25, 0.3) is 0 Å². The Morgan fingerprint density at radius 3 is 2.24 bits per heavy atom. The van der Waals surface area contributed by atoms with Gasteiger partial charge in [-0.25, -0.2) is 8.42 Å². The van der Waals surface area contributed by atoms with E-state index >= 15 is 0 Å². The molecule has 1 unspecified atom stereocenters. The Hall–Kier alpha value is -2.42. The average Bonchev–Trinajstić information content (AvgIpc) is 3.31. The molecule has 2 aliphatic heterocycles. The number of hydrogen-bond acceptors (Lipinski definition) is 4. The molecule has 9 heteroatoms. The van der Waals surface area contributed by atoms with Crippen LogP contribution >= 0.6 is 11.6 Å². The zero-order valence-corrected chi connectivity index (χ0v) is 21.0. The number of likely N-dealkylation sites (tertiary alicyclic amines) is 1. The van der Waals surface area contributed by atoms with Crippen LogP contribution in [0.2, 0.25) is 5.02 Å². The lowest BCUT2D eigenvalue weighted by Gasteiger charge is -2.34. The Morgan fingerprint density at radius 1 is 0.941 bits per heavy atom. The van der Waals surface area contributed by atoms with Gasteiger partial charge in [-0.15, -0.1) is 0 Å². The molecule has 2 heterocycles. The Bertz CT molecular complexity index is 1180. The first-order chi connectivity index (χ1) is 16.2. The second-order valence-electron chi connectivity index (χ2n) is 9.15. The molecular formula is C25H30ClN3O4S. The number of aryl methyl sites for hydroxylation is 2. The zero-order valence-electron chi connectivity index (χ0n) is 19.5. The molecule has 0 aromatic heterocycles. The van der Waals surface area contributed by atoms with Gasteiger partial charge >= 0.3 is 0 Å². The van der Waals surface area contributed by atoms with Crippen molar-refractivity contribution < 1.29 is 18.0 Å². The highest BCUT2D eigenvalue weighted by atomic mass is 35.5. The number of rotatable bonds is 5. The summed E-state index contributed by atoms with van der Waals surface area (Å²) in [6.07, 6.45) is 2.24. The van der Waals surface area contributed by atoms with Crippen LogP contribution in [0.15, 0.2) is 47.4 Å². The van der Waals surface area contributed by atoms with Crippen LogP contribution < -0.4 is 5.32 Å². The average molecular weight is 504 g/mol. The number of hydrogen-bond donors (Lipinski definition) is 1. The summed E-state index contributed by atoms with van der Waals surface area (Å²) < 4.78 is 27.4. The molecule has 2 aromatic carbocycles. The molecule has 2 saturated heterocycles. The Morgan fingerprint density at radius 2 is 1.59 bits per heavy atom. The van der Waals surface area contributed by atoms with E-state index < -0.39 is 16.1 Å². The summed E-state index contributed by atoms with van der Waals surface area (Å²) in [5, 5.41) is 3.33. The molecule has 7 nitrogen and oxygen atoms in total. The molecule has 2 aliphatic rings. The summed E-state index contributed by atoms with van der Waals surface area (Å²) in [4.78, 5) is 28.2. The van der Waals surface area contributed by atoms with Crippen molar-refractivity contribution in [1.82, 2.24) is 9.21 Å². The topological polar surface area (TPSA) is 86.8 Å². The Labute approximate surface area is 206 Å². The van der Waals surface area contributed by atoms with Gasteiger partial charge in [-0.1, -0.05) is 35.4 Å². The number of nitrogens with one attached hydrogen (secondary N) is 1. The van der Waals surface area contributed by atoms with Crippen LogP contribution in [0.5, 0.6) is 0 Å². The third-order valence-electron chi connectivity index (χ3n) is 6.68. The summed E-state index contributed by atoms with van der Waals surface area (Å²) >= 11 is 6.25. The van der Waals surface area contributed by atoms with Crippen LogP contribution in [0.1, 0.15) is 36.8 Å². The van der Waals surface area contributed by atoms with Crippen molar-refractivity contribution in [1.29, 1.82) is 0 Å². The quantitative estimate of drug-likeness (QED) is 0.668. The van der Waals surface area contributed by atoms with E-state index in [0.717, 1.165) is 17.5 Å². The van der Waals surface area contributed by atoms with Crippen molar-refractivity contribution in [2.45, 2.75) is 50.5 Å². The number of carbonyl (C=O) groups is 2. The number of amides is 2. The number of piperidine rings is 1. The zero-order chi connectivity index (χ0) is 24.5. The second kappa shape index (κ2) is 10.1. The second-order valence-corrected chi connectivity index (χ2v) is 11.5. The molecule has 0 aliphatic carbocycles. The van der Waals surface area contributed by atoms with Crippen molar-refractivity contribution in [3.8, 4) is 0 Å². The van der Waals surface area contributed by atoms with Gasteiger partial charge in [0.25, 0.3) is 0 Å². The minimum absolute atomic E-state index is 0.0694. The van der Waals surface area contributed by atoms with Crippen LogP contribution in [-0.2, 0) is 19.6 Å². The van der Waals surface area contributed by atoms with Crippen molar-refractivity contribution in [2.75, 3.05) is 25.0 Å². The highest BCUT2D eigenvalue weighted by molar-refractivity contribution is 7.89. The molecule has 1 atom stereocenters. The van der Waals surface area contributed by atoms with Gasteiger partial charge in [0.2, 0.25) is 21.8 Å². The van der Waals surface area contributed by atoms with Gasteiger partial charge in [-0.2, -0.15) is 4.31 Å². The largest absolute Gasteiger partial charge is 0.330 e. The van der Waals surface area contributed by atoms with E-state index in [1.165, 1.54) is 4.31 Å². The van der Waals surface area contributed by atoms with E-state index in [-0.39, 0.29) is 35.7 Å². The molecule has 4 rings (SSSR count). The molecule has 0 spiro atoms. The summed E-state index contributed by atoms with van der Waals surface area (Å²) in [5.41, 5.74) is 2.53. The van der Waals surface area contributed by atoms with Gasteiger partial charge < -0.3 is 10.2 Å². The molecule has 2 aromatic rings. The summed E-state index contributed by atoms with van der Waals surface area (Å²) in [6.45, 7) is 4.94. The van der Waals surface area contributed by atoms with Gasteiger partial charge in [0.1, 0.15) is 6.04 Å². The van der Waals surface area contributed by atoms with Crippen LogP contribution in [0.4, 0.5) is 5.69 Å². The number of halogens is 1. The molecule has 34 heavy (non-hydrogen) atoms. The van der Waals surface area contributed by atoms with E-state index in [2.05, 4.69) is 5.32 Å². The van der Waals surface area contributed by atoms with Crippen molar-refractivity contribution >= 4 is 39.1 Å². The summed E-state index contributed by atoms with van der Waals surface area (Å²) in [5.74, 6) is -0.600. The number of anilines is 1. The first-order valence-corrected chi connectivity index (χ1v) is 13.4. The highest BCUT2D eigenvalue weighted by Gasteiger charge is 2.39.